The summed E-state index contributed by atoms with van der Waals surface area (Å²) in [6.45, 7) is 4.28. The van der Waals surface area contributed by atoms with Gasteiger partial charge in [-0.3, -0.25) is 4.79 Å². The van der Waals surface area contributed by atoms with E-state index >= 15 is 0 Å². The zero-order valence-corrected chi connectivity index (χ0v) is 18.5. The lowest BCUT2D eigenvalue weighted by Gasteiger charge is -2.24. The van der Waals surface area contributed by atoms with E-state index in [-0.39, 0.29) is 10.8 Å². The summed E-state index contributed by atoms with van der Waals surface area (Å²) in [6, 6.07) is 10.2. The van der Waals surface area contributed by atoms with Gasteiger partial charge in [0.05, 0.1) is 4.90 Å². The summed E-state index contributed by atoms with van der Waals surface area (Å²) in [7, 11) is -0.511. The SMILES string of the molecule is CC[C@H](Oc1ccc(Cl)c(C)c1)C(=O)N1CCc2cc(S(=O)(=O)N(C)C)ccc21. The molecular formula is C21H25ClN2O4S. The second-order valence-corrected chi connectivity index (χ2v) is 9.80. The van der Waals surface area contributed by atoms with Crippen LogP contribution in [0.3, 0.4) is 0 Å². The first-order valence-electron chi connectivity index (χ1n) is 9.44. The molecule has 2 aromatic carbocycles. The first-order chi connectivity index (χ1) is 13.6. The summed E-state index contributed by atoms with van der Waals surface area (Å²) < 4.78 is 31.9. The van der Waals surface area contributed by atoms with Crippen molar-refractivity contribution in [2.24, 2.45) is 0 Å². The van der Waals surface area contributed by atoms with E-state index in [4.69, 9.17) is 16.3 Å². The summed E-state index contributed by atoms with van der Waals surface area (Å²) in [5.41, 5.74) is 2.47. The fourth-order valence-corrected chi connectivity index (χ4v) is 4.39. The highest BCUT2D eigenvalue weighted by Crippen LogP contribution is 2.32. The monoisotopic (exact) mass is 436 g/mol. The molecule has 0 spiro atoms. The molecule has 1 aliphatic heterocycles. The van der Waals surface area contributed by atoms with E-state index in [2.05, 4.69) is 0 Å². The van der Waals surface area contributed by atoms with Crippen LogP contribution in [0, 0.1) is 6.92 Å². The molecular weight excluding hydrogens is 412 g/mol. The first-order valence-corrected chi connectivity index (χ1v) is 11.3. The number of carbonyl (C=O) groups is 1. The third-order valence-corrected chi connectivity index (χ3v) is 7.28. The molecule has 1 atom stereocenters. The van der Waals surface area contributed by atoms with Crippen LogP contribution in [0.15, 0.2) is 41.3 Å². The Labute approximate surface area is 177 Å². The van der Waals surface area contributed by atoms with Crippen molar-refractivity contribution in [1.82, 2.24) is 4.31 Å². The van der Waals surface area contributed by atoms with Gasteiger partial charge in [0.2, 0.25) is 10.0 Å². The van der Waals surface area contributed by atoms with Crippen molar-refractivity contribution in [2.45, 2.75) is 37.7 Å². The Kier molecular flexibility index (Phi) is 6.22. The van der Waals surface area contributed by atoms with Gasteiger partial charge >= 0.3 is 0 Å². The van der Waals surface area contributed by atoms with Gasteiger partial charge in [-0.15, -0.1) is 0 Å². The molecule has 0 aromatic heterocycles. The lowest BCUT2D eigenvalue weighted by atomic mass is 10.1. The molecule has 0 radical (unpaired) electrons. The number of halogens is 1. The van der Waals surface area contributed by atoms with E-state index in [1.807, 2.05) is 19.9 Å². The fourth-order valence-electron chi connectivity index (χ4n) is 3.32. The van der Waals surface area contributed by atoms with Gasteiger partial charge in [-0.1, -0.05) is 18.5 Å². The van der Waals surface area contributed by atoms with Crippen LogP contribution in [0.5, 0.6) is 5.75 Å². The Bertz CT molecular complexity index is 1040. The van der Waals surface area contributed by atoms with Gasteiger partial charge in [-0.2, -0.15) is 0 Å². The average molecular weight is 437 g/mol. The van der Waals surface area contributed by atoms with Gasteiger partial charge in [0.25, 0.3) is 5.91 Å². The molecule has 8 heteroatoms. The largest absolute Gasteiger partial charge is 0.481 e. The number of benzene rings is 2. The zero-order valence-electron chi connectivity index (χ0n) is 17.0. The van der Waals surface area contributed by atoms with Crippen molar-refractivity contribution in [3.63, 3.8) is 0 Å². The molecule has 1 heterocycles. The average Bonchev–Trinajstić information content (AvgIpc) is 3.11. The summed E-state index contributed by atoms with van der Waals surface area (Å²) in [5.74, 6) is 0.459. The fraction of sp³-hybridized carbons (Fsp3) is 0.381. The molecule has 0 bridgehead atoms. The number of hydrogen-bond donors (Lipinski definition) is 0. The Morgan fingerprint density at radius 1 is 1.24 bits per heavy atom. The molecule has 0 aliphatic carbocycles. The minimum Gasteiger partial charge on any atom is -0.481 e. The molecule has 3 rings (SSSR count). The van der Waals surface area contributed by atoms with Crippen molar-refractivity contribution in [2.75, 3.05) is 25.5 Å². The van der Waals surface area contributed by atoms with Crippen molar-refractivity contribution < 1.29 is 17.9 Å². The summed E-state index contributed by atoms with van der Waals surface area (Å²) >= 11 is 6.06. The highest BCUT2D eigenvalue weighted by atomic mass is 35.5. The second kappa shape index (κ2) is 8.34. The Balaban J connectivity index is 1.83. The number of anilines is 1. The van der Waals surface area contributed by atoms with E-state index in [0.29, 0.717) is 30.2 Å². The van der Waals surface area contributed by atoms with Crippen molar-refractivity contribution in [3.05, 3.63) is 52.5 Å². The normalized spacial score (nSPS) is 14.8. The third kappa shape index (κ3) is 4.27. The number of aryl methyl sites for hydroxylation is 1. The topological polar surface area (TPSA) is 66.9 Å². The van der Waals surface area contributed by atoms with Crippen LogP contribution in [0.2, 0.25) is 5.02 Å². The number of hydrogen-bond acceptors (Lipinski definition) is 4. The maximum atomic E-state index is 13.1. The molecule has 156 valence electrons. The number of amides is 1. The molecule has 0 saturated carbocycles. The summed E-state index contributed by atoms with van der Waals surface area (Å²) in [5, 5.41) is 0.647. The Morgan fingerprint density at radius 3 is 2.59 bits per heavy atom. The third-order valence-electron chi connectivity index (χ3n) is 5.05. The van der Waals surface area contributed by atoms with E-state index < -0.39 is 16.1 Å². The smallest absolute Gasteiger partial charge is 0.268 e. The van der Waals surface area contributed by atoms with Crippen molar-refractivity contribution >= 4 is 33.2 Å². The van der Waals surface area contributed by atoms with Crippen LogP contribution in [0.25, 0.3) is 0 Å². The number of rotatable bonds is 6. The van der Waals surface area contributed by atoms with Crippen molar-refractivity contribution in [1.29, 1.82) is 0 Å². The van der Waals surface area contributed by atoms with E-state index in [0.717, 1.165) is 16.8 Å². The van der Waals surface area contributed by atoms with Crippen LogP contribution >= 0.6 is 11.6 Å². The minimum absolute atomic E-state index is 0.137. The number of carbonyl (C=O) groups excluding carboxylic acids is 1. The highest BCUT2D eigenvalue weighted by Gasteiger charge is 2.32. The lowest BCUT2D eigenvalue weighted by Crippen LogP contribution is -2.41. The van der Waals surface area contributed by atoms with Gasteiger partial charge in [0, 0.05) is 31.4 Å². The number of fused-ring (bicyclic) bond motifs is 1. The quantitative estimate of drug-likeness (QED) is 0.693. The standard InChI is InChI=1S/C21H25ClN2O4S/c1-5-20(28-16-6-8-18(22)14(2)12-16)21(25)24-11-10-15-13-17(7-9-19(15)24)29(26,27)23(3)4/h6-9,12-13,20H,5,10-11H2,1-4H3/t20-/m0/s1. The van der Waals surface area contributed by atoms with E-state index in [1.165, 1.54) is 18.4 Å². The van der Waals surface area contributed by atoms with Crippen LogP contribution < -0.4 is 9.64 Å². The van der Waals surface area contributed by atoms with Gasteiger partial charge in [0.15, 0.2) is 6.10 Å². The lowest BCUT2D eigenvalue weighted by molar-refractivity contribution is -0.125. The number of ether oxygens (including phenoxy) is 1. The number of sulfonamides is 1. The van der Waals surface area contributed by atoms with Gasteiger partial charge in [-0.25, -0.2) is 12.7 Å². The molecule has 0 fully saturated rings. The van der Waals surface area contributed by atoms with Crippen LogP contribution in [-0.4, -0.2) is 45.4 Å². The van der Waals surface area contributed by atoms with E-state index in [1.54, 1.807) is 35.2 Å². The number of nitrogens with zero attached hydrogens (tertiary/aromatic N) is 2. The zero-order chi connectivity index (χ0) is 21.3. The molecule has 0 unspecified atom stereocenters. The Morgan fingerprint density at radius 2 is 1.97 bits per heavy atom. The summed E-state index contributed by atoms with van der Waals surface area (Å²) in [6.07, 6.45) is 0.486. The maximum Gasteiger partial charge on any atom is 0.268 e. The van der Waals surface area contributed by atoms with Crippen LogP contribution in [-0.2, 0) is 21.2 Å². The second-order valence-electron chi connectivity index (χ2n) is 7.24. The predicted octanol–water partition coefficient (Wildman–Crippen LogP) is 3.65. The molecule has 0 saturated heterocycles. The highest BCUT2D eigenvalue weighted by molar-refractivity contribution is 7.89. The molecule has 2 aromatic rings. The van der Waals surface area contributed by atoms with Gasteiger partial charge in [0.1, 0.15) is 5.75 Å². The molecule has 1 aliphatic rings. The maximum absolute atomic E-state index is 13.1. The van der Waals surface area contributed by atoms with Crippen LogP contribution in [0.1, 0.15) is 24.5 Å². The van der Waals surface area contributed by atoms with Gasteiger partial charge in [-0.05, 0) is 67.3 Å². The van der Waals surface area contributed by atoms with E-state index in [9.17, 15) is 13.2 Å². The van der Waals surface area contributed by atoms with Gasteiger partial charge < -0.3 is 9.64 Å². The van der Waals surface area contributed by atoms with Crippen LogP contribution in [0.4, 0.5) is 5.69 Å². The predicted molar refractivity (Wildman–Crippen MR) is 114 cm³/mol. The molecule has 0 N–H and O–H groups in total. The molecule has 29 heavy (non-hydrogen) atoms. The molecule has 6 nitrogen and oxygen atoms in total. The first kappa shape index (κ1) is 21.6. The molecule has 1 amide bonds. The minimum atomic E-state index is -3.51. The summed E-state index contributed by atoms with van der Waals surface area (Å²) in [4.78, 5) is 15.0. The Hall–Kier alpha value is -2.09. The van der Waals surface area contributed by atoms with Crippen molar-refractivity contribution in [3.8, 4) is 5.75 Å².